The minimum Gasteiger partial charge on any atom is -0.497 e. The Labute approximate surface area is 197 Å². The van der Waals surface area contributed by atoms with E-state index in [1.165, 1.54) is 74.9 Å². The van der Waals surface area contributed by atoms with E-state index in [1.807, 2.05) is 0 Å². The number of benzene rings is 3. The molecule has 0 amide bonds. The highest BCUT2D eigenvalue weighted by molar-refractivity contribution is 7.86. The first-order valence-corrected chi connectivity index (χ1v) is 13.3. The van der Waals surface area contributed by atoms with Crippen LogP contribution >= 0.6 is 0 Å². The Morgan fingerprint density at radius 3 is 0.941 bits per heavy atom. The molecule has 186 valence electrons. The van der Waals surface area contributed by atoms with E-state index in [1.54, 1.807) is 18.2 Å². The van der Waals surface area contributed by atoms with Crippen LogP contribution in [0.25, 0.3) is 0 Å². The van der Waals surface area contributed by atoms with Crippen molar-refractivity contribution in [3.8, 4) is 11.5 Å². The van der Waals surface area contributed by atoms with Gasteiger partial charge in [-0.1, -0.05) is 18.2 Å². The van der Waals surface area contributed by atoms with E-state index in [-0.39, 0.29) is 14.7 Å². The number of hydrogen-bond acceptors (Lipinski definition) is 8. The molecular weight excluding hydrogens is 512 g/mol. The van der Waals surface area contributed by atoms with Gasteiger partial charge in [0.1, 0.15) is 11.5 Å². The zero-order valence-electron chi connectivity index (χ0n) is 17.8. The van der Waals surface area contributed by atoms with E-state index >= 15 is 0 Å². The van der Waals surface area contributed by atoms with Crippen molar-refractivity contribution in [2.24, 2.45) is 0 Å². The van der Waals surface area contributed by atoms with Gasteiger partial charge in [-0.2, -0.15) is 25.3 Å². The second-order valence-electron chi connectivity index (χ2n) is 6.09. The highest BCUT2D eigenvalue weighted by Crippen LogP contribution is 2.15. The monoisotopic (exact) mass is 534 g/mol. The molecule has 0 bridgehead atoms. The van der Waals surface area contributed by atoms with Gasteiger partial charge in [-0.15, -0.1) is 0 Å². The van der Waals surface area contributed by atoms with Gasteiger partial charge in [0.2, 0.25) is 0 Å². The summed E-state index contributed by atoms with van der Waals surface area (Å²) in [5.74, 6) is 1.09. The van der Waals surface area contributed by atoms with Crippen LogP contribution in [0.2, 0.25) is 0 Å². The van der Waals surface area contributed by atoms with Crippen molar-refractivity contribution >= 4 is 30.4 Å². The fourth-order valence-corrected chi connectivity index (χ4v) is 3.55. The lowest BCUT2D eigenvalue weighted by molar-refractivity contribution is 0.414. The third kappa shape index (κ3) is 10.3. The second kappa shape index (κ2) is 12.5. The molecule has 11 nitrogen and oxygen atoms in total. The minimum atomic E-state index is -4.08. The standard InChI is InChI=1S/2C7H8O4S.C6H6O3S/c2*1-11-6-2-4-7(5-3-6)12(8,9)10;7-10(8,9)6-4-2-1-3-5-6/h2*2-5H,1H3,(H,8,9,10);1-5H,(H,7,8,9). The second-order valence-corrected chi connectivity index (χ2v) is 10.4. The maximum absolute atomic E-state index is 10.5. The lowest BCUT2D eigenvalue weighted by Crippen LogP contribution is -1.97. The van der Waals surface area contributed by atoms with Crippen LogP contribution in [0.15, 0.2) is 93.5 Å². The van der Waals surface area contributed by atoms with Gasteiger partial charge in [0, 0.05) is 0 Å². The Kier molecular flexibility index (Phi) is 10.6. The van der Waals surface area contributed by atoms with Crippen LogP contribution in [0, 0.1) is 0 Å². The van der Waals surface area contributed by atoms with Crippen molar-refractivity contribution in [1.82, 2.24) is 0 Å². The predicted molar refractivity (Wildman–Crippen MR) is 122 cm³/mol. The first-order chi connectivity index (χ1) is 15.7. The van der Waals surface area contributed by atoms with E-state index in [9.17, 15) is 25.3 Å². The molecule has 3 aromatic carbocycles. The van der Waals surface area contributed by atoms with Gasteiger partial charge in [-0.3, -0.25) is 13.7 Å². The van der Waals surface area contributed by atoms with Crippen LogP contribution < -0.4 is 9.47 Å². The average molecular weight is 535 g/mol. The number of hydrogen-bond donors (Lipinski definition) is 3. The fourth-order valence-electron chi connectivity index (χ4n) is 2.09. The summed E-state index contributed by atoms with van der Waals surface area (Å²) in [6.07, 6.45) is 0. The summed E-state index contributed by atoms with van der Waals surface area (Å²) < 4.78 is 98.2. The fraction of sp³-hybridized carbons (Fsp3) is 0.100. The quantitative estimate of drug-likeness (QED) is 0.409. The molecule has 3 N–H and O–H groups in total. The van der Waals surface area contributed by atoms with Gasteiger partial charge in [0.05, 0.1) is 28.9 Å². The minimum absolute atomic E-state index is 0.0741. The van der Waals surface area contributed by atoms with Gasteiger partial charge in [-0.05, 0) is 60.7 Å². The van der Waals surface area contributed by atoms with E-state index in [0.29, 0.717) is 11.5 Å². The molecule has 3 aromatic rings. The summed E-state index contributed by atoms with van der Waals surface area (Å²) in [5.41, 5.74) is 0. The van der Waals surface area contributed by atoms with Crippen LogP contribution in [0.1, 0.15) is 0 Å². The molecule has 0 fully saturated rings. The van der Waals surface area contributed by atoms with Crippen LogP contribution in [0.5, 0.6) is 11.5 Å². The predicted octanol–water partition coefficient (Wildman–Crippen LogP) is 2.82. The molecule has 0 aliphatic rings. The summed E-state index contributed by atoms with van der Waals surface area (Å²) in [5, 5.41) is 0. The average Bonchev–Trinajstić information content (AvgIpc) is 2.79. The van der Waals surface area contributed by atoms with E-state index < -0.39 is 30.4 Å². The molecule has 0 saturated carbocycles. The first-order valence-electron chi connectivity index (χ1n) is 8.94. The molecule has 0 aromatic heterocycles. The Bertz CT molecular complexity index is 1270. The summed E-state index contributed by atoms with van der Waals surface area (Å²) in [6, 6.07) is 18.4. The molecule has 0 spiro atoms. The van der Waals surface area contributed by atoms with Crippen molar-refractivity contribution in [2.45, 2.75) is 14.7 Å². The highest BCUT2D eigenvalue weighted by atomic mass is 32.2. The maximum atomic E-state index is 10.5. The Hall–Kier alpha value is -3.01. The third-order valence-corrected chi connectivity index (χ3v) is 6.36. The summed E-state index contributed by atoms with van der Waals surface area (Å²) in [4.78, 5) is -0.346. The molecule has 3 rings (SSSR count). The topological polar surface area (TPSA) is 182 Å². The molecule has 0 aliphatic heterocycles. The number of rotatable bonds is 5. The maximum Gasteiger partial charge on any atom is 0.294 e. The Balaban J connectivity index is 0.000000256. The molecular formula is C20H22O11S3. The highest BCUT2D eigenvalue weighted by Gasteiger charge is 2.09. The van der Waals surface area contributed by atoms with E-state index in [0.717, 1.165) is 0 Å². The lowest BCUT2D eigenvalue weighted by atomic mass is 10.3. The first kappa shape index (κ1) is 29.0. The summed E-state index contributed by atoms with van der Waals surface area (Å²) in [6.45, 7) is 0. The zero-order chi connectivity index (χ0) is 26.0. The van der Waals surface area contributed by atoms with Crippen molar-refractivity contribution in [2.75, 3.05) is 14.2 Å². The largest absolute Gasteiger partial charge is 0.497 e. The molecule has 0 radical (unpaired) electrons. The number of ether oxygens (including phenoxy) is 2. The van der Waals surface area contributed by atoms with E-state index in [4.69, 9.17) is 23.1 Å². The van der Waals surface area contributed by atoms with Crippen LogP contribution in [0.4, 0.5) is 0 Å². The smallest absolute Gasteiger partial charge is 0.294 e. The Morgan fingerprint density at radius 2 is 0.735 bits per heavy atom. The third-order valence-electron chi connectivity index (χ3n) is 3.76. The van der Waals surface area contributed by atoms with Crippen LogP contribution in [0.3, 0.4) is 0 Å². The molecule has 14 heteroatoms. The lowest BCUT2D eigenvalue weighted by Gasteiger charge is -1.99. The normalized spacial score (nSPS) is 11.2. The van der Waals surface area contributed by atoms with Crippen molar-refractivity contribution < 1.29 is 48.4 Å². The number of methoxy groups -OCH3 is 2. The SMILES string of the molecule is COc1ccc(S(=O)(=O)O)cc1.COc1ccc(S(=O)(=O)O)cc1.O=S(=O)(O)c1ccccc1. The summed E-state index contributed by atoms with van der Waals surface area (Å²) in [7, 11) is -9.22. The molecule has 0 unspecified atom stereocenters. The molecule has 0 saturated heterocycles. The van der Waals surface area contributed by atoms with Crippen molar-refractivity contribution in [3.05, 3.63) is 78.9 Å². The molecule has 0 heterocycles. The van der Waals surface area contributed by atoms with Gasteiger partial charge in [-0.25, -0.2) is 0 Å². The van der Waals surface area contributed by atoms with Gasteiger partial charge >= 0.3 is 0 Å². The van der Waals surface area contributed by atoms with Gasteiger partial charge in [0.25, 0.3) is 30.4 Å². The van der Waals surface area contributed by atoms with Crippen molar-refractivity contribution in [3.63, 3.8) is 0 Å². The molecule has 0 atom stereocenters. The van der Waals surface area contributed by atoms with Crippen LogP contribution in [-0.2, 0) is 30.4 Å². The zero-order valence-corrected chi connectivity index (χ0v) is 20.3. The van der Waals surface area contributed by atoms with Gasteiger partial charge in [0.15, 0.2) is 0 Å². The van der Waals surface area contributed by atoms with Gasteiger partial charge < -0.3 is 9.47 Å². The van der Waals surface area contributed by atoms with Crippen LogP contribution in [-0.4, -0.2) is 53.1 Å². The molecule has 0 aliphatic carbocycles. The Morgan fingerprint density at radius 1 is 0.471 bits per heavy atom. The summed E-state index contributed by atoms with van der Waals surface area (Å²) >= 11 is 0. The van der Waals surface area contributed by atoms with Crippen molar-refractivity contribution in [1.29, 1.82) is 0 Å². The van der Waals surface area contributed by atoms with E-state index in [2.05, 4.69) is 0 Å². The molecule has 34 heavy (non-hydrogen) atoms.